The van der Waals surface area contributed by atoms with Gasteiger partial charge in [0.1, 0.15) is 10.8 Å². The third-order valence-corrected chi connectivity index (χ3v) is 5.38. The van der Waals surface area contributed by atoms with Crippen LogP contribution in [0.1, 0.15) is 17.8 Å². The Morgan fingerprint density at radius 1 is 1.22 bits per heavy atom. The number of carbonyl (C=O) groups is 2. The zero-order valence-electron chi connectivity index (χ0n) is 14.7. The minimum atomic E-state index is -0.211. The first-order valence-corrected chi connectivity index (χ1v) is 9.65. The Labute approximate surface area is 160 Å². The first-order chi connectivity index (χ1) is 13.2. The van der Waals surface area contributed by atoms with Crippen molar-refractivity contribution in [1.29, 1.82) is 0 Å². The summed E-state index contributed by atoms with van der Waals surface area (Å²) >= 11 is 1.57. The fourth-order valence-electron chi connectivity index (χ4n) is 3.03. The Bertz CT molecular complexity index is 952. The number of rotatable bonds is 6. The summed E-state index contributed by atoms with van der Waals surface area (Å²) in [5.41, 5.74) is 1.75. The van der Waals surface area contributed by atoms with E-state index in [1.165, 1.54) is 0 Å². The molecule has 1 aliphatic heterocycles. The second-order valence-corrected chi connectivity index (χ2v) is 7.40. The Morgan fingerprint density at radius 2 is 2.11 bits per heavy atom. The number of anilines is 1. The fourth-order valence-corrected chi connectivity index (χ4v) is 3.94. The lowest BCUT2D eigenvalue weighted by Crippen LogP contribution is -2.28. The van der Waals surface area contributed by atoms with Gasteiger partial charge in [0.15, 0.2) is 6.61 Å². The maximum absolute atomic E-state index is 12.1. The number of hydrogen-bond acceptors (Lipinski definition) is 5. The molecule has 2 amide bonds. The third-order valence-electron chi connectivity index (χ3n) is 4.35. The van der Waals surface area contributed by atoms with Crippen molar-refractivity contribution in [3.05, 3.63) is 53.5 Å². The van der Waals surface area contributed by atoms with E-state index in [4.69, 9.17) is 4.74 Å². The smallest absolute Gasteiger partial charge is 0.258 e. The zero-order valence-corrected chi connectivity index (χ0v) is 15.5. The number of hydrogen-bond donors (Lipinski definition) is 1. The van der Waals surface area contributed by atoms with Gasteiger partial charge in [-0.3, -0.25) is 9.59 Å². The van der Waals surface area contributed by atoms with E-state index in [1.54, 1.807) is 28.4 Å². The van der Waals surface area contributed by atoms with Crippen molar-refractivity contribution < 1.29 is 14.3 Å². The summed E-state index contributed by atoms with van der Waals surface area (Å²) in [7, 11) is 0. The number of carbonyl (C=O) groups excluding carboxylic acids is 2. The molecule has 4 rings (SSSR count). The van der Waals surface area contributed by atoms with Crippen molar-refractivity contribution >= 4 is 39.1 Å². The molecule has 3 aromatic rings. The lowest BCUT2D eigenvalue weighted by atomic mass is 10.3. The van der Waals surface area contributed by atoms with E-state index in [-0.39, 0.29) is 18.4 Å². The van der Waals surface area contributed by atoms with E-state index < -0.39 is 0 Å². The number of thiazole rings is 1. The van der Waals surface area contributed by atoms with E-state index in [9.17, 15) is 9.59 Å². The summed E-state index contributed by atoms with van der Waals surface area (Å²) in [5.74, 6) is 0.486. The molecule has 27 heavy (non-hydrogen) atoms. The Hall–Kier alpha value is -2.93. The number of benzene rings is 2. The average Bonchev–Trinajstić information content (AvgIpc) is 3.30. The number of amides is 2. The number of nitrogens with zero attached hydrogens (tertiary/aromatic N) is 2. The van der Waals surface area contributed by atoms with Crippen LogP contribution in [0.4, 0.5) is 5.69 Å². The van der Waals surface area contributed by atoms with Gasteiger partial charge in [-0.15, -0.1) is 11.3 Å². The van der Waals surface area contributed by atoms with Gasteiger partial charge in [0, 0.05) is 24.7 Å². The van der Waals surface area contributed by atoms with Crippen LogP contribution in [0, 0.1) is 0 Å². The molecule has 1 aliphatic rings. The van der Waals surface area contributed by atoms with Crippen molar-refractivity contribution in [3.8, 4) is 5.75 Å². The highest BCUT2D eigenvalue weighted by Gasteiger charge is 2.21. The Kier molecular flexibility index (Phi) is 5.02. The monoisotopic (exact) mass is 381 g/mol. The van der Waals surface area contributed by atoms with Gasteiger partial charge < -0.3 is 15.0 Å². The van der Waals surface area contributed by atoms with Crippen molar-refractivity contribution in [1.82, 2.24) is 10.3 Å². The summed E-state index contributed by atoms with van der Waals surface area (Å²) in [5, 5.41) is 3.69. The summed E-state index contributed by atoms with van der Waals surface area (Å²) < 4.78 is 6.69. The highest BCUT2D eigenvalue weighted by molar-refractivity contribution is 7.18. The van der Waals surface area contributed by atoms with Gasteiger partial charge >= 0.3 is 0 Å². The second-order valence-electron chi connectivity index (χ2n) is 6.29. The van der Waals surface area contributed by atoms with Gasteiger partial charge in [0.25, 0.3) is 5.91 Å². The molecule has 138 valence electrons. The van der Waals surface area contributed by atoms with Crippen LogP contribution >= 0.6 is 11.3 Å². The molecule has 2 heterocycles. The van der Waals surface area contributed by atoms with Crippen LogP contribution in [0.3, 0.4) is 0 Å². The number of fused-ring (bicyclic) bond motifs is 1. The number of ether oxygens (including phenoxy) is 1. The third kappa shape index (κ3) is 4.09. The molecule has 1 N–H and O–H groups in total. The molecule has 0 atom stereocenters. The van der Waals surface area contributed by atoms with E-state index in [1.807, 2.05) is 36.4 Å². The number of aromatic nitrogens is 1. The highest BCUT2D eigenvalue weighted by Crippen LogP contribution is 2.25. The predicted molar refractivity (Wildman–Crippen MR) is 105 cm³/mol. The second kappa shape index (κ2) is 7.75. The van der Waals surface area contributed by atoms with Gasteiger partial charge in [-0.05, 0) is 30.7 Å². The standard InChI is InChI=1S/C20H19N3O3S/c24-18(21-12-19-22-16-7-1-2-8-17(16)27-19)13-26-15-6-3-5-14(11-15)23-10-4-9-20(23)25/h1-3,5-8,11H,4,9-10,12-13H2,(H,21,24). The maximum Gasteiger partial charge on any atom is 0.258 e. The van der Waals surface area contributed by atoms with Crippen molar-refractivity contribution in [3.63, 3.8) is 0 Å². The van der Waals surface area contributed by atoms with Gasteiger partial charge in [-0.25, -0.2) is 4.98 Å². The van der Waals surface area contributed by atoms with Crippen LogP contribution in [0.15, 0.2) is 48.5 Å². The van der Waals surface area contributed by atoms with E-state index in [0.717, 1.165) is 33.9 Å². The Morgan fingerprint density at radius 3 is 2.93 bits per heavy atom. The van der Waals surface area contributed by atoms with Crippen molar-refractivity contribution in [2.75, 3.05) is 18.1 Å². The summed E-state index contributed by atoms with van der Waals surface area (Å²) in [6.07, 6.45) is 1.46. The molecule has 0 radical (unpaired) electrons. The Balaban J connectivity index is 1.30. The first kappa shape index (κ1) is 17.5. The van der Waals surface area contributed by atoms with Crippen LogP contribution in [0.2, 0.25) is 0 Å². The number of para-hydroxylation sites is 1. The van der Waals surface area contributed by atoms with Crippen LogP contribution in [-0.4, -0.2) is 29.9 Å². The molecule has 1 fully saturated rings. The van der Waals surface area contributed by atoms with Crippen LogP contribution in [-0.2, 0) is 16.1 Å². The molecule has 0 spiro atoms. The van der Waals surface area contributed by atoms with Gasteiger partial charge in [0.2, 0.25) is 5.91 Å². The highest BCUT2D eigenvalue weighted by atomic mass is 32.1. The predicted octanol–water partition coefficient (Wildman–Crippen LogP) is 3.12. The largest absolute Gasteiger partial charge is 0.484 e. The molecule has 0 saturated carbocycles. The molecule has 7 heteroatoms. The lowest BCUT2D eigenvalue weighted by molar-refractivity contribution is -0.123. The quantitative estimate of drug-likeness (QED) is 0.712. The summed E-state index contributed by atoms with van der Waals surface area (Å²) in [6.45, 7) is 1.02. The minimum Gasteiger partial charge on any atom is -0.484 e. The van der Waals surface area contributed by atoms with E-state index >= 15 is 0 Å². The fraction of sp³-hybridized carbons (Fsp3) is 0.250. The van der Waals surface area contributed by atoms with E-state index in [2.05, 4.69) is 10.3 Å². The topological polar surface area (TPSA) is 71.5 Å². The van der Waals surface area contributed by atoms with Gasteiger partial charge in [0.05, 0.1) is 16.8 Å². The number of nitrogens with one attached hydrogen (secondary N) is 1. The molecule has 6 nitrogen and oxygen atoms in total. The lowest BCUT2D eigenvalue weighted by Gasteiger charge is -2.16. The SMILES string of the molecule is O=C(COc1cccc(N2CCCC2=O)c1)NCc1nc2ccccc2s1. The molecular weight excluding hydrogens is 362 g/mol. The molecule has 1 saturated heterocycles. The van der Waals surface area contributed by atoms with Crippen LogP contribution in [0.5, 0.6) is 5.75 Å². The van der Waals surface area contributed by atoms with Gasteiger partial charge in [-0.2, -0.15) is 0 Å². The van der Waals surface area contributed by atoms with Crippen LogP contribution in [0.25, 0.3) is 10.2 Å². The maximum atomic E-state index is 12.1. The minimum absolute atomic E-state index is 0.0811. The molecule has 1 aromatic heterocycles. The van der Waals surface area contributed by atoms with Gasteiger partial charge in [-0.1, -0.05) is 18.2 Å². The van der Waals surface area contributed by atoms with Crippen molar-refractivity contribution in [2.24, 2.45) is 0 Å². The molecule has 0 unspecified atom stereocenters. The molecular formula is C20H19N3O3S. The molecule has 2 aromatic carbocycles. The molecule has 0 bridgehead atoms. The molecule has 0 aliphatic carbocycles. The van der Waals surface area contributed by atoms with Crippen molar-refractivity contribution in [2.45, 2.75) is 19.4 Å². The first-order valence-electron chi connectivity index (χ1n) is 8.83. The normalized spacial score (nSPS) is 13.9. The van der Waals surface area contributed by atoms with Crippen LogP contribution < -0.4 is 15.0 Å². The zero-order chi connectivity index (χ0) is 18.6. The summed E-state index contributed by atoms with van der Waals surface area (Å²) in [6, 6.07) is 15.2. The average molecular weight is 381 g/mol. The van der Waals surface area contributed by atoms with E-state index in [0.29, 0.717) is 18.7 Å². The summed E-state index contributed by atoms with van der Waals surface area (Å²) in [4.78, 5) is 30.2.